The Morgan fingerprint density at radius 2 is 2.25 bits per heavy atom. The van der Waals surface area contributed by atoms with Gasteiger partial charge in [0.25, 0.3) is 0 Å². The molecule has 0 unspecified atom stereocenters. The average molecular weight is 220 g/mol. The zero-order valence-corrected chi connectivity index (χ0v) is 9.30. The van der Waals surface area contributed by atoms with Crippen LogP contribution in [0.15, 0.2) is 30.6 Å². The molecule has 2 aromatic heterocycles. The zero-order chi connectivity index (χ0) is 11.4. The summed E-state index contributed by atoms with van der Waals surface area (Å²) >= 11 is 0. The number of aliphatic hydroxyl groups excluding tert-OH is 1. The lowest BCUT2D eigenvalue weighted by Crippen LogP contribution is -2.06. The highest BCUT2D eigenvalue weighted by atomic mass is 16.3. The van der Waals surface area contributed by atoms with Crippen LogP contribution in [0.5, 0.6) is 0 Å². The van der Waals surface area contributed by atoms with Crippen molar-refractivity contribution < 1.29 is 5.11 Å². The number of aryl methyl sites for hydroxylation is 1. The molecular formula is C11H16N4O. The molecule has 0 bridgehead atoms. The first-order valence-corrected chi connectivity index (χ1v) is 5.28. The summed E-state index contributed by atoms with van der Waals surface area (Å²) in [5.41, 5.74) is 1.21. The van der Waals surface area contributed by atoms with Gasteiger partial charge in [0, 0.05) is 31.2 Å². The molecule has 0 saturated carbocycles. The van der Waals surface area contributed by atoms with Crippen molar-refractivity contribution in [3.8, 4) is 0 Å². The Morgan fingerprint density at radius 3 is 2.94 bits per heavy atom. The van der Waals surface area contributed by atoms with Crippen LogP contribution in [0.4, 0.5) is 5.82 Å². The Bertz CT molecular complexity index is 446. The van der Waals surface area contributed by atoms with E-state index in [0.29, 0.717) is 6.54 Å². The van der Waals surface area contributed by atoms with E-state index in [9.17, 15) is 0 Å². The highest BCUT2D eigenvalue weighted by Crippen LogP contribution is 2.06. The molecule has 0 aromatic carbocycles. The van der Waals surface area contributed by atoms with E-state index in [-0.39, 0.29) is 6.61 Å². The first-order valence-electron chi connectivity index (χ1n) is 5.28. The van der Waals surface area contributed by atoms with E-state index in [4.69, 9.17) is 5.11 Å². The van der Waals surface area contributed by atoms with Gasteiger partial charge in [0.2, 0.25) is 0 Å². The zero-order valence-electron chi connectivity index (χ0n) is 9.30. The molecular weight excluding hydrogens is 204 g/mol. The van der Waals surface area contributed by atoms with Crippen LogP contribution >= 0.6 is 0 Å². The third-order valence-corrected chi connectivity index (χ3v) is 2.47. The fourth-order valence-electron chi connectivity index (χ4n) is 1.54. The van der Waals surface area contributed by atoms with Crippen LogP contribution in [0.2, 0.25) is 0 Å². The minimum atomic E-state index is 0.110. The van der Waals surface area contributed by atoms with E-state index in [1.54, 1.807) is 4.68 Å². The van der Waals surface area contributed by atoms with Crippen LogP contribution < -0.4 is 5.32 Å². The van der Waals surface area contributed by atoms with Gasteiger partial charge in [-0.25, -0.2) is 0 Å². The Balaban J connectivity index is 1.92. The van der Waals surface area contributed by atoms with E-state index in [1.807, 2.05) is 31.6 Å². The van der Waals surface area contributed by atoms with Crippen LogP contribution in [0.3, 0.4) is 0 Å². The molecule has 0 spiro atoms. The fourth-order valence-corrected chi connectivity index (χ4v) is 1.54. The van der Waals surface area contributed by atoms with Gasteiger partial charge in [-0.1, -0.05) is 0 Å². The Labute approximate surface area is 94.3 Å². The van der Waals surface area contributed by atoms with Crippen LogP contribution in [0.25, 0.3) is 0 Å². The second kappa shape index (κ2) is 4.85. The van der Waals surface area contributed by atoms with Crippen molar-refractivity contribution in [3.05, 3.63) is 36.3 Å². The summed E-state index contributed by atoms with van der Waals surface area (Å²) in [6.45, 7) is 1.39. The van der Waals surface area contributed by atoms with E-state index in [1.165, 1.54) is 5.69 Å². The predicted molar refractivity (Wildman–Crippen MR) is 62.1 cm³/mol. The van der Waals surface area contributed by atoms with Crippen LogP contribution in [-0.4, -0.2) is 26.1 Å². The van der Waals surface area contributed by atoms with Crippen LogP contribution in [0.1, 0.15) is 5.69 Å². The molecule has 16 heavy (non-hydrogen) atoms. The van der Waals surface area contributed by atoms with E-state index >= 15 is 0 Å². The molecule has 0 radical (unpaired) electrons. The van der Waals surface area contributed by atoms with E-state index in [0.717, 1.165) is 12.4 Å². The number of hydrogen-bond donors (Lipinski definition) is 2. The summed E-state index contributed by atoms with van der Waals surface area (Å²) in [6.07, 6.45) is 3.87. The monoisotopic (exact) mass is 220 g/mol. The highest BCUT2D eigenvalue weighted by Gasteiger charge is 2.00. The number of nitrogens with one attached hydrogen (secondary N) is 1. The molecule has 2 aromatic rings. The third kappa shape index (κ3) is 2.43. The molecule has 86 valence electrons. The average Bonchev–Trinajstić information content (AvgIpc) is 2.86. The van der Waals surface area contributed by atoms with Gasteiger partial charge >= 0.3 is 0 Å². The van der Waals surface area contributed by atoms with Gasteiger partial charge < -0.3 is 15.0 Å². The highest BCUT2D eigenvalue weighted by molar-refractivity contribution is 5.33. The number of hydrogen-bond acceptors (Lipinski definition) is 3. The normalized spacial score (nSPS) is 10.6. The number of aromatic nitrogens is 3. The number of nitrogens with zero attached hydrogens (tertiary/aromatic N) is 3. The topological polar surface area (TPSA) is 55.0 Å². The van der Waals surface area contributed by atoms with Gasteiger partial charge in [-0.3, -0.25) is 4.68 Å². The molecule has 0 aliphatic heterocycles. The molecule has 2 rings (SSSR count). The molecule has 2 heterocycles. The lowest BCUT2D eigenvalue weighted by atomic mass is 10.4. The standard InChI is InChI=1S/C11H16N4O/c1-14-5-2-3-10(14)9-12-11-4-6-15(13-11)7-8-16/h2-6,16H,7-9H2,1H3,(H,12,13). The first-order chi connectivity index (χ1) is 7.79. The minimum absolute atomic E-state index is 0.110. The molecule has 0 aliphatic carbocycles. The lowest BCUT2D eigenvalue weighted by Gasteiger charge is -2.04. The molecule has 5 nitrogen and oxygen atoms in total. The maximum Gasteiger partial charge on any atom is 0.148 e. The van der Waals surface area contributed by atoms with Crippen molar-refractivity contribution in [3.63, 3.8) is 0 Å². The fraction of sp³-hybridized carbons (Fsp3) is 0.364. The van der Waals surface area contributed by atoms with E-state index in [2.05, 4.69) is 21.0 Å². The minimum Gasteiger partial charge on any atom is -0.394 e. The smallest absolute Gasteiger partial charge is 0.148 e. The molecule has 0 atom stereocenters. The van der Waals surface area contributed by atoms with Crippen molar-refractivity contribution in [1.82, 2.24) is 14.3 Å². The van der Waals surface area contributed by atoms with Gasteiger partial charge in [-0.2, -0.15) is 5.10 Å². The van der Waals surface area contributed by atoms with Gasteiger partial charge in [0.15, 0.2) is 0 Å². The van der Waals surface area contributed by atoms with Crippen LogP contribution in [-0.2, 0) is 20.1 Å². The van der Waals surface area contributed by atoms with Crippen molar-refractivity contribution >= 4 is 5.82 Å². The second-order valence-electron chi connectivity index (χ2n) is 3.65. The summed E-state index contributed by atoms with van der Waals surface area (Å²) in [5.74, 6) is 0.828. The lowest BCUT2D eigenvalue weighted by molar-refractivity contribution is 0.269. The van der Waals surface area contributed by atoms with Gasteiger partial charge in [-0.05, 0) is 12.1 Å². The first kappa shape index (κ1) is 10.8. The number of anilines is 1. The predicted octanol–water partition coefficient (Wildman–Crippen LogP) is 0.826. The Hall–Kier alpha value is -1.75. The van der Waals surface area contributed by atoms with E-state index < -0.39 is 0 Å². The summed E-state index contributed by atoms with van der Waals surface area (Å²) in [7, 11) is 2.02. The quantitative estimate of drug-likeness (QED) is 0.784. The summed E-state index contributed by atoms with van der Waals surface area (Å²) < 4.78 is 3.78. The Kier molecular flexibility index (Phi) is 3.26. The van der Waals surface area contributed by atoms with Gasteiger partial charge in [0.1, 0.15) is 5.82 Å². The number of rotatable bonds is 5. The summed E-state index contributed by atoms with van der Waals surface area (Å²) in [4.78, 5) is 0. The van der Waals surface area contributed by atoms with Crippen molar-refractivity contribution in [2.75, 3.05) is 11.9 Å². The molecule has 5 heteroatoms. The van der Waals surface area contributed by atoms with Crippen molar-refractivity contribution in [1.29, 1.82) is 0 Å². The molecule has 0 amide bonds. The Morgan fingerprint density at radius 1 is 1.38 bits per heavy atom. The van der Waals surface area contributed by atoms with Gasteiger partial charge in [0.05, 0.1) is 19.7 Å². The SMILES string of the molecule is Cn1cccc1CNc1ccn(CCO)n1. The number of aliphatic hydroxyl groups is 1. The third-order valence-electron chi connectivity index (χ3n) is 2.47. The molecule has 0 fully saturated rings. The summed E-state index contributed by atoms with van der Waals surface area (Å²) in [6, 6.07) is 5.98. The summed E-state index contributed by atoms with van der Waals surface area (Å²) in [5, 5.41) is 16.3. The van der Waals surface area contributed by atoms with Crippen molar-refractivity contribution in [2.24, 2.45) is 7.05 Å². The second-order valence-corrected chi connectivity index (χ2v) is 3.65. The molecule has 2 N–H and O–H groups in total. The maximum absolute atomic E-state index is 8.76. The van der Waals surface area contributed by atoms with Crippen LogP contribution in [0, 0.1) is 0 Å². The maximum atomic E-state index is 8.76. The van der Waals surface area contributed by atoms with Crippen molar-refractivity contribution in [2.45, 2.75) is 13.1 Å². The molecule has 0 saturated heterocycles. The largest absolute Gasteiger partial charge is 0.394 e. The van der Waals surface area contributed by atoms with Gasteiger partial charge in [-0.15, -0.1) is 0 Å². The molecule has 0 aliphatic rings.